The van der Waals surface area contributed by atoms with Crippen molar-refractivity contribution in [2.24, 2.45) is 5.10 Å². The van der Waals surface area contributed by atoms with E-state index in [0.717, 1.165) is 67.4 Å². The van der Waals surface area contributed by atoms with Crippen LogP contribution in [0.25, 0.3) is 0 Å². The molecular weight excluding hydrogens is 366 g/mol. The second kappa shape index (κ2) is 6.39. The number of ether oxygens (including phenoxy) is 3. The highest BCUT2D eigenvalue weighted by Crippen LogP contribution is 2.50. The van der Waals surface area contributed by atoms with Crippen LogP contribution in [0.4, 0.5) is 0 Å². The molecule has 1 atom stereocenters. The second-order valence-electron chi connectivity index (χ2n) is 8.20. The van der Waals surface area contributed by atoms with Crippen molar-refractivity contribution in [1.82, 2.24) is 9.91 Å². The molecule has 2 aromatic rings. The number of benzene rings is 2. The van der Waals surface area contributed by atoms with Crippen molar-refractivity contribution >= 4 is 5.71 Å². The first kappa shape index (κ1) is 17.2. The fraction of sp³-hybridized carbons (Fsp3) is 0.435. The van der Waals surface area contributed by atoms with Crippen molar-refractivity contribution in [2.45, 2.75) is 38.0 Å². The van der Waals surface area contributed by atoms with Gasteiger partial charge in [0.15, 0.2) is 11.5 Å². The van der Waals surface area contributed by atoms with Gasteiger partial charge in [-0.2, -0.15) is 5.10 Å². The molecular formula is C23H25N3O3. The largest absolute Gasteiger partial charge is 0.466 e. The van der Waals surface area contributed by atoms with Gasteiger partial charge >= 0.3 is 0 Å². The molecule has 1 saturated heterocycles. The molecule has 6 rings (SSSR count). The molecule has 4 aliphatic rings. The molecule has 6 nitrogen and oxygen atoms in total. The van der Waals surface area contributed by atoms with Crippen molar-refractivity contribution in [3.8, 4) is 17.2 Å². The number of fused-ring (bicyclic) bond motifs is 5. The van der Waals surface area contributed by atoms with Crippen molar-refractivity contribution < 1.29 is 14.2 Å². The van der Waals surface area contributed by atoms with E-state index in [1.807, 2.05) is 6.07 Å². The van der Waals surface area contributed by atoms with Crippen LogP contribution in [-0.2, 0) is 0 Å². The third-order valence-electron chi connectivity index (χ3n) is 6.70. The van der Waals surface area contributed by atoms with Crippen LogP contribution in [0.15, 0.2) is 47.6 Å². The zero-order valence-electron chi connectivity index (χ0n) is 16.6. The molecule has 0 bridgehead atoms. The maximum atomic E-state index is 6.67. The lowest BCUT2D eigenvalue weighted by atomic mass is 9.90. The van der Waals surface area contributed by atoms with E-state index in [0.29, 0.717) is 0 Å². The number of hydrazone groups is 1. The first-order valence-electron chi connectivity index (χ1n) is 10.5. The third kappa shape index (κ3) is 2.62. The zero-order valence-corrected chi connectivity index (χ0v) is 16.6. The average Bonchev–Trinajstić information content (AvgIpc) is 3.42. The number of piperidine rings is 1. The lowest BCUT2D eigenvalue weighted by Crippen LogP contribution is -2.59. The summed E-state index contributed by atoms with van der Waals surface area (Å²) in [4.78, 5) is 2.49. The molecule has 0 N–H and O–H groups in total. The van der Waals surface area contributed by atoms with E-state index in [2.05, 4.69) is 53.2 Å². The van der Waals surface area contributed by atoms with Gasteiger partial charge in [0.2, 0.25) is 12.5 Å². The fourth-order valence-corrected chi connectivity index (χ4v) is 5.03. The summed E-state index contributed by atoms with van der Waals surface area (Å²) >= 11 is 0. The minimum atomic E-state index is -0.358. The van der Waals surface area contributed by atoms with Gasteiger partial charge in [-0.05, 0) is 30.8 Å². The number of rotatable bonds is 2. The summed E-state index contributed by atoms with van der Waals surface area (Å²) in [6.07, 6.45) is 2.80. The van der Waals surface area contributed by atoms with Crippen LogP contribution in [0.1, 0.15) is 43.4 Å². The smallest absolute Gasteiger partial charge is 0.231 e. The highest BCUT2D eigenvalue weighted by Gasteiger charge is 2.51. The Morgan fingerprint density at radius 3 is 2.72 bits per heavy atom. The molecule has 6 heteroatoms. The van der Waals surface area contributed by atoms with E-state index in [4.69, 9.17) is 19.3 Å². The van der Waals surface area contributed by atoms with Gasteiger partial charge in [-0.15, -0.1) is 0 Å². The van der Waals surface area contributed by atoms with Gasteiger partial charge in [0.1, 0.15) is 5.75 Å². The third-order valence-corrected chi connectivity index (χ3v) is 6.70. The van der Waals surface area contributed by atoms with Crippen LogP contribution in [0, 0.1) is 0 Å². The van der Waals surface area contributed by atoms with Crippen molar-refractivity contribution in [2.75, 3.05) is 26.4 Å². The summed E-state index contributed by atoms with van der Waals surface area (Å²) in [5.74, 6) is 2.63. The van der Waals surface area contributed by atoms with Gasteiger partial charge < -0.3 is 19.1 Å². The Labute approximate surface area is 170 Å². The summed E-state index contributed by atoms with van der Waals surface area (Å²) in [7, 11) is 0. The Morgan fingerprint density at radius 1 is 1.03 bits per heavy atom. The van der Waals surface area contributed by atoms with E-state index in [-0.39, 0.29) is 18.6 Å². The van der Waals surface area contributed by atoms with Gasteiger partial charge in [0.05, 0.1) is 11.8 Å². The minimum Gasteiger partial charge on any atom is -0.466 e. The van der Waals surface area contributed by atoms with Crippen LogP contribution in [0.5, 0.6) is 17.2 Å². The highest BCUT2D eigenvalue weighted by atomic mass is 16.7. The van der Waals surface area contributed by atoms with Gasteiger partial charge in [-0.1, -0.05) is 25.1 Å². The molecule has 0 aromatic heterocycles. The Kier molecular flexibility index (Phi) is 3.78. The standard InChI is InChI=1S/C23H25N3O3/c1-2-25-11-9-23(10-12-25)26-19(17-5-3-4-6-20(17)29-23)14-18(24-26)16-7-8-21-22(13-16)28-15-27-21/h3-8,13,19H,2,9-12,14-15H2,1H3/t19-/m1/s1. The summed E-state index contributed by atoms with van der Waals surface area (Å²) in [6.45, 7) is 5.68. The van der Waals surface area contributed by atoms with E-state index < -0.39 is 0 Å². The second-order valence-corrected chi connectivity index (χ2v) is 8.20. The molecule has 0 unspecified atom stereocenters. The number of likely N-dealkylation sites (tertiary alicyclic amines) is 1. The number of nitrogens with zero attached hydrogens (tertiary/aromatic N) is 3. The predicted octanol–water partition coefficient (Wildman–Crippen LogP) is 3.77. The van der Waals surface area contributed by atoms with Gasteiger partial charge in [0, 0.05) is 43.5 Å². The normalized spacial score (nSPS) is 24.1. The molecule has 2 aromatic carbocycles. The van der Waals surface area contributed by atoms with Gasteiger partial charge in [0.25, 0.3) is 0 Å². The summed E-state index contributed by atoms with van der Waals surface area (Å²) < 4.78 is 17.7. The number of hydrogen-bond donors (Lipinski definition) is 0. The first-order valence-corrected chi connectivity index (χ1v) is 10.5. The zero-order chi connectivity index (χ0) is 19.4. The average molecular weight is 391 g/mol. The van der Waals surface area contributed by atoms with Crippen LogP contribution in [0.3, 0.4) is 0 Å². The molecule has 0 saturated carbocycles. The van der Waals surface area contributed by atoms with E-state index in [1.54, 1.807) is 0 Å². The number of para-hydroxylation sites is 1. The van der Waals surface area contributed by atoms with E-state index >= 15 is 0 Å². The molecule has 150 valence electrons. The molecule has 1 fully saturated rings. The monoisotopic (exact) mass is 391 g/mol. The van der Waals surface area contributed by atoms with Crippen molar-refractivity contribution in [3.05, 3.63) is 53.6 Å². The lowest BCUT2D eigenvalue weighted by Gasteiger charge is -2.51. The minimum absolute atomic E-state index is 0.216. The Hall–Kier alpha value is -2.73. The molecule has 0 aliphatic carbocycles. The maximum absolute atomic E-state index is 6.67. The predicted molar refractivity (Wildman–Crippen MR) is 109 cm³/mol. The Bertz CT molecular complexity index is 981. The van der Waals surface area contributed by atoms with E-state index in [9.17, 15) is 0 Å². The van der Waals surface area contributed by atoms with Crippen LogP contribution in [0.2, 0.25) is 0 Å². The quantitative estimate of drug-likeness (QED) is 0.780. The molecule has 29 heavy (non-hydrogen) atoms. The number of hydrogen-bond acceptors (Lipinski definition) is 6. The maximum Gasteiger partial charge on any atom is 0.231 e. The van der Waals surface area contributed by atoms with E-state index in [1.165, 1.54) is 5.56 Å². The Balaban J connectivity index is 1.39. The van der Waals surface area contributed by atoms with Gasteiger partial charge in [-0.3, -0.25) is 0 Å². The SMILES string of the molecule is CCN1CCC2(CC1)Oc1ccccc1[C@H]1CC(c3ccc4c(c3)OCO4)=NN12. The Morgan fingerprint density at radius 2 is 1.86 bits per heavy atom. The summed E-state index contributed by atoms with van der Waals surface area (Å²) in [5, 5.41) is 7.41. The van der Waals surface area contributed by atoms with Crippen LogP contribution in [-0.4, -0.2) is 47.8 Å². The molecule has 1 spiro atoms. The highest BCUT2D eigenvalue weighted by molar-refractivity contribution is 6.02. The fourth-order valence-electron chi connectivity index (χ4n) is 5.03. The van der Waals surface area contributed by atoms with Gasteiger partial charge in [-0.25, -0.2) is 5.01 Å². The molecule has 4 heterocycles. The molecule has 0 radical (unpaired) electrons. The van der Waals surface area contributed by atoms with Crippen molar-refractivity contribution in [1.29, 1.82) is 0 Å². The lowest BCUT2D eigenvalue weighted by molar-refractivity contribution is -0.149. The topological polar surface area (TPSA) is 46.5 Å². The molecule has 4 aliphatic heterocycles. The first-order chi connectivity index (χ1) is 14.3. The van der Waals surface area contributed by atoms with Crippen molar-refractivity contribution in [3.63, 3.8) is 0 Å². The molecule has 0 amide bonds. The van der Waals surface area contributed by atoms with Crippen LogP contribution >= 0.6 is 0 Å². The summed E-state index contributed by atoms with van der Waals surface area (Å²) in [5.41, 5.74) is 3.06. The summed E-state index contributed by atoms with van der Waals surface area (Å²) in [6, 6.07) is 14.8. The van der Waals surface area contributed by atoms with Crippen LogP contribution < -0.4 is 14.2 Å².